The third-order valence-corrected chi connectivity index (χ3v) is 4.08. The van der Waals surface area contributed by atoms with Crippen molar-refractivity contribution < 1.29 is 33.7 Å². The molecule has 0 unspecified atom stereocenters. The van der Waals surface area contributed by atoms with E-state index in [4.69, 9.17) is 9.49 Å². The van der Waals surface area contributed by atoms with Gasteiger partial charge in [0.05, 0.1) is 6.61 Å². The molecule has 0 bridgehead atoms. The van der Waals surface area contributed by atoms with Crippen molar-refractivity contribution in [3.05, 3.63) is 23.8 Å². The van der Waals surface area contributed by atoms with E-state index in [0.717, 1.165) is 5.56 Å². The van der Waals surface area contributed by atoms with E-state index in [1.807, 2.05) is 0 Å². The predicted molar refractivity (Wildman–Crippen MR) is 88.5 cm³/mol. The Morgan fingerprint density at radius 1 is 1.23 bits per heavy atom. The van der Waals surface area contributed by atoms with Crippen molar-refractivity contribution >= 4 is 42.0 Å². The number of benzene rings is 1. The topological polar surface area (TPSA) is 122 Å². The van der Waals surface area contributed by atoms with Crippen LogP contribution in [0.1, 0.15) is 37.7 Å². The first-order valence-corrected chi connectivity index (χ1v) is 8.23. The lowest BCUT2D eigenvalue weighted by atomic mass is 9.79. The summed E-state index contributed by atoms with van der Waals surface area (Å²) in [5.41, 5.74) is 2.00. The van der Waals surface area contributed by atoms with Crippen molar-refractivity contribution in [2.75, 3.05) is 5.32 Å². The van der Waals surface area contributed by atoms with E-state index < -0.39 is 24.9 Å². The van der Waals surface area contributed by atoms with Crippen LogP contribution in [0.5, 0.6) is 0 Å². The van der Waals surface area contributed by atoms with Gasteiger partial charge in [-0.1, -0.05) is 6.07 Å². The summed E-state index contributed by atoms with van der Waals surface area (Å²) in [5, 5.41) is 12.8. The lowest BCUT2D eigenvalue weighted by Gasteiger charge is -2.12. The summed E-state index contributed by atoms with van der Waals surface area (Å²) < 4.78 is 5.08. The van der Waals surface area contributed by atoms with Gasteiger partial charge >= 0.3 is 13.1 Å². The number of carbonyl (C=O) groups excluding carboxylic acids is 4. The minimum absolute atomic E-state index is 0.0367. The number of nitrogens with zero attached hydrogens (tertiary/aromatic N) is 1. The van der Waals surface area contributed by atoms with E-state index in [0.29, 0.717) is 22.8 Å². The number of hydrogen-bond donors (Lipinski definition) is 2. The first-order chi connectivity index (χ1) is 12.4. The maximum absolute atomic E-state index is 11.9. The molecular formula is C16H17BN2O7. The number of imide groups is 1. The highest BCUT2D eigenvalue weighted by Gasteiger charge is 2.32. The SMILES string of the molecule is O=C(CCCC(=O)ON1C(=O)CCC1=O)Nc1ccc2c(c1)B(O)OC2. The van der Waals surface area contributed by atoms with Crippen molar-refractivity contribution in [2.24, 2.45) is 0 Å². The molecular weight excluding hydrogens is 343 g/mol. The van der Waals surface area contributed by atoms with Gasteiger partial charge in [-0.3, -0.25) is 14.4 Å². The molecule has 0 radical (unpaired) electrons. The number of carbonyl (C=O) groups is 4. The van der Waals surface area contributed by atoms with Crippen molar-refractivity contribution in [2.45, 2.75) is 38.7 Å². The van der Waals surface area contributed by atoms with Crippen LogP contribution >= 0.6 is 0 Å². The van der Waals surface area contributed by atoms with E-state index in [1.54, 1.807) is 18.2 Å². The highest BCUT2D eigenvalue weighted by Crippen LogP contribution is 2.16. The summed E-state index contributed by atoms with van der Waals surface area (Å²) in [6, 6.07) is 5.11. The van der Waals surface area contributed by atoms with Crippen LogP contribution in [-0.2, 0) is 35.3 Å². The van der Waals surface area contributed by atoms with Gasteiger partial charge in [-0.05, 0) is 29.6 Å². The van der Waals surface area contributed by atoms with Crippen LogP contribution in [0.15, 0.2) is 18.2 Å². The first-order valence-electron chi connectivity index (χ1n) is 8.23. The molecule has 0 saturated carbocycles. The van der Waals surface area contributed by atoms with E-state index in [1.165, 1.54) is 0 Å². The molecule has 3 rings (SSSR count). The van der Waals surface area contributed by atoms with Gasteiger partial charge in [0.15, 0.2) is 0 Å². The van der Waals surface area contributed by atoms with Gasteiger partial charge in [0.25, 0.3) is 11.8 Å². The van der Waals surface area contributed by atoms with Crippen LogP contribution in [0.2, 0.25) is 0 Å². The Bertz CT molecular complexity index is 751. The highest BCUT2D eigenvalue weighted by molar-refractivity contribution is 6.61. The Kier molecular flexibility index (Phi) is 5.33. The first kappa shape index (κ1) is 18.1. The number of fused-ring (bicyclic) bond motifs is 1. The molecule has 1 saturated heterocycles. The fourth-order valence-electron chi connectivity index (χ4n) is 2.71. The molecule has 0 spiro atoms. The van der Waals surface area contributed by atoms with Gasteiger partial charge in [0.2, 0.25) is 5.91 Å². The number of nitrogens with one attached hydrogen (secondary N) is 1. The molecule has 1 aromatic carbocycles. The second-order valence-corrected chi connectivity index (χ2v) is 6.02. The van der Waals surface area contributed by atoms with Crippen LogP contribution in [-0.4, -0.2) is 40.9 Å². The lowest BCUT2D eigenvalue weighted by molar-refractivity contribution is -0.197. The Morgan fingerprint density at radius 2 is 1.96 bits per heavy atom. The molecule has 1 fully saturated rings. The molecule has 1 aromatic rings. The number of amides is 3. The van der Waals surface area contributed by atoms with Crippen LogP contribution in [0.25, 0.3) is 0 Å². The van der Waals surface area contributed by atoms with Gasteiger partial charge in [-0.2, -0.15) is 0 Å². The molecule has 136 valence electrons. The van der Waals surface area contributed by atoms with Crippen LogP contribution in [0, 0.1) is 0 Å². The van der Waals surface area contributed by atoms with Crippen LogP contribution in [0.3, 0.4) is 0 Å². The zero-order valence-electron chi connectivity index (χ0n) is 13.9. The Balaban J connectivity index is 1.42. The van der Waals surface area contributed by atoms with Gasteiger partial charge in [-0.25, -0.2) is 4.79 Å². The number of hydrogen-bond acceptors (Lipinski definition) is 7. The third-order valence-electron chi connectivity index (χ3n) is 4.08. The van der Waals surface area contributed by atoms with E-state index in [2.05, 4.69) is 5.32 Å². The molecule has 0 atom stereocenters. The fourth-order valence-corrected chi connectivity index (χ4v) is 2.71. The second kappa shape index (κ2) is 7.67. The molecule has 0 aliphatic carbocycles. The zero-order valence-corrected chi connectivity index (χ0v) is 13.9. The summed E-state index contributed by atoms with van der Waals surface area (Å²) in [4.78, 5) is 51.0. The number of anilines is 1. The quantitative estimate of drug-likeness (QED) is 0.524. The van der Waals surface area contributed by atoms with Crippen LogP contribution in [0.4, 0.5) is 5.69 Å². The molecule has 3 amide bonds. The number of hydroxylamine groups is 2. The predicted octanol–water partition coefficient (Wildman–Crippen LogP) is -0.380. The maximum atomic E-state index is 11.9. The molecule has 26 heavy (non-hydrogen) atoms. The average molecular weight is 360 g/mol. The smallest absolute Gasteiger partial charge is 0.423 e. The fraction of sp³-hybridized carbons (Fsp3) is 0.375. The molecule has 0 aromatic heterocycles. The normalized spacial score (nSPS) is 16.0. The summed E-state index contributed by atoms with van der Waals surface area (Å²) in [5.74, 6) is -2.12. The van der Waals surface area contributed by atoms with Crippen molar-refractivity contribution in [1.29, 1.82) is 0 Å². The minimum atomic E-state index is -0.993. The van der Waals surface area contributed by atoms with Crippen molar-refractivity contribution in [1.82, 2.24) is 5.06 Å². The molecule has 2 aliphatic rings. The maximum Gasteiger partial charge on any atom is 0.491 e. The molecule has 9 nitrogen and oxygen atoms in total. The monoisotopic (exact) mass is 360 g/mol. The van der Waals surface area contributed by atoms with Crippen molar-refractivity contribution in [3.63, 3.8) is 0 Å². The summed E-state index contributed by atoms with van der Waals surface area (Å²) in [6.45, 7) is 0.328. The van der Waals surface area contributed by atoms with E-state index >= 15 is 0 Å². The largest absolute Gasteiger partial charge is 0.491 e. The van der Waals surface area contributed by atoms with Gasteiger partial charge in [0, 0.05) is 31.4 Å². The number of rotatable bonds is 6. The van der Waals surface area contributed by atoms with E-state index in [9.17, 15) is 24.2 Å². The summed E-state index contributed by atoms with van der Waals surface area (Å²) in [7, 11) is -0.993. The van der Waals surface area contributed by atoms with Crippen molar-refractivity contribution in [3.8, 4) is 0 Å². The summed E-state index contributed by atoms with van der Waals surface area (Å²) in [6.07, 6.45) is 0.246. The standard InChI is InChI=1S/C16H17BN2O7/c20-13(18-11-5-4-10-9-25-17(24)12(10)8-11)2-1-3-16(23)26-19-14(21)6-7-15(19)22/h4-5,8,24H,1-3,6-7,9H2,(H,18,20). The molecule has 2 heterocycles. The van der Waals surface area contributed by atoms with Gasteiger partial charge in [0.1, 0.15) is 0 Å². The highest BCUT2D eigenvalue weighted by atomic mass is 16.7. The minimum Gasteiger partial charge on any atom is -0.423 e. The van der Waals surface area contributed by atoms with Crippen LogP contribution < -0.4 is 10.8 Å². The Morgan fingerprint density at radius 3 is 2.69 bits per heavy atom. The Hall–Kier alpha value is -2.72. The van der Waals surface area contributed by atoms with Gasteiger partial charge < -0.3 is 19.8 Å². The van der Waals surface area contributed by atoms with Gasteiger partial charge in [-0.15, -0.1) is 5.06 Å². The van der Waals surface area contributed by atoms with E-state index in [-0.39, 0.29) is 38.0 Å². The Labute approximate surface area is 149 Å². The third kappa shape index (κ3) is 4.09. The molecule has 2 aliphatic heterocycles. The molecule has 2 N–H and O–H groups in total. The zero-order chi connectivity index (χ0) is 18.7. The second-order valence-electron chi connectivity index (χ2n) is 6.02. The molecule has 10 heteroatoms. The average Bonchev–Trinajstić information content (AvgIpc) is 3.12. The summed E-state index contributed by atoms with van der Waals surface area (Å²) >= 11 is 0. The lowest BCUT2D eigenvalue weighted by Crippen LogP contribution is -2.32.